The second kappa shape index (κ2) is 16.8. The SMILES string of the molecule is CC1CCC2=C(C1)C(C1=CC=CCC1)(C1C=CC(C3=CCC(N(c4ccc(C5=CCCc6ccccc65)cc4)c4ccc(C5C=CC=CC5)cc4)C=C3)=CC1)c1cccc3cccc2c13. The minimum Gasteiger partial charge on any atom is -0.334 e. The summed E-state index contributed by atoms with van der Waals surface area (Å²) in [5.41, 5.74) is 19.9. The molecule has 5 atom stereocenters. The number of fused-ring (bicyclic) bond motifs is 2. The standard InChI is InChI=1S/C64H59N/c1-44-25-42-59-60-23-11-17-51-18-12-24-61(63(51)60)64(62(59)43-44,52-19-6-3-7-20-52)53-34-26-46(27-35-53)48-30-38-55(39-31-48)65(54-36-28-47(29-37-54)45-13-4-2-5-14-45)56-40-32-50(33-41-56)58-22-10-16-49-15-8-9-21-57(49)58/h2-6,8-9,11-13,15,17-19,21-24,26-34,36-38,40-41,44-45,53,55H,7,10,14,16,20,25,35,39,42-43H2,1H3. The first kappa shape index (κ1) is 40.1. The maximum atomic E-state index is 2.62. The number of hydrogen-bond acceptors (Lipinski definition) is 1. The van der Waals surface area contributed by atoms with Gasteiger partial charge in [-0.05, 0) is 167 Å². The predicted molar refractivity (Wildman–Crippen MR) is 275 cm³/mol. The van der Waals surface area contributed by atoms with Crippen LogP contribution in [-0.4, -0.2) is 6.04 Å². The van der Waals surface area contributed by atoms with Crippen LogP contribution in [-0.2, 0) is 11.8 Å². The molecule has 5 aromatic rings. The van der Waals surface area contributed by atoms with Gasteiger partial charge in [0.2, 0.25) is 0 Å². The number of rotatable bonds is 8. The second-order valence-electron chi connectivity index (χ2n) is 19.6. The molecule has 0 saturated heterocycles. The average Bonchev–Trinajstić information content (AvgIpc) is 3.38. The van der Waals surface area contributed by atoms with Crippen LogP contribution < -0.4 is 4.90 Å². The van der Waals surface area contributed by atoms with Crippen molar-refractivity contribution in [2.24, 2.45) is 11.8 Å². The van der Waals surface area contributed by atoms with Crippen molar-refractivity contribution >= 4 is 33.3 Å². The van der Waals surface area contributed by atoms with E-state index in [9.17, 15) is 0 Å². The fraction of sp³-hybridized carbons (Fsp3) is 0.250. The van der Waals surface area contributed by atoms with Crippen molar-refractivity contribution in [1.82, 2.24) is 0 Å². The van der Waals surface area contributed by atoms with Crippen molar-refractivity contribution in [2.45, 2.75) is 88.5 Å². The Morgan fingerprint density at radius 3 is 2.15 bits per heavy atom. The van der Waals surface area contributed by atoms with E-state index < -0.39 is 0 Å². The fourth-order valence-electron chi connectivity index (χ4n) is 12.8. The normalized spacial score (nSPS) is 25.4. The Bertz CT molecular complexity index is 3000. The molecule has 7 aliphatic carbocycles. The predicted octanol–water partition coefficient (Wildman–Crippen LogP) is 16.5. The molecule has 0 radical (unpaired) electrons. The topological polar surface area (TPSA) is 3.24 Å². The molecule has 0 heterocycles. The van der Waals surface area contributed by atoms with E-state index in [0.29, 0.717) is 17.8 Å². The van der Waals surface area contributed by atoms with Crippen molar-refractivity contribution in [1.29, 1.82) is 0 Å². The molecule has 0 spiro atoms. The highest BCUT2D eigenvalue weighted by Gasteiger charge is 2.50. The van der Waals surface area contributed by atoms with Gasteiger partial charge in [-0.2, -0.15) is 0 Å². The van der Waals surface area contributed by atoms with Gasteiger partial charge in [-0.15, -0.1) is 0 Å². The number of allylic oxidation sites excluding steroid dienone is 17. The highest BCUT2D eigenvalue weighted by atomic mass is 15.2. The summed E-state index contributed by atoms with van der Waals surface area (Å²) in [6.45, 7) is 2.49. The van der Waals surface area contributed by atoms with Crippen LogP contribution >= 0.6 is 0 Å². The van der Waals surface area contributed by atoms with E-state index in [1.165, 1.54) is 85.9 Å². The van der Waals surface area contributed by atoms with Gasteiger partial charge in [0.1, 0.15) is 0 Å². The van der Waals surface area contributed by atoms with Crippen molar-refractivity contribution in [3.8, 4) is 0 Å². The summed E-state index contributed by atoms with van der Waals surface area (Å²) in [6, 6.07) is 42.1. The lowest BCUT2D eigenvalue weighted by Gasteiger charge is -2.51. The van der Waals surface area contributed by atoms with E-state index in [-0.39, 0.29) is 11.5 Å². The zero-order chi connectivity index (χ0) is 43.3. The number of aryl methyl sites for hydroxylation is 1. The Kier molecular flexibility index (Phi) is 10.4. The van der Waals surface area contributed by atoms with E-state index in [2.05, 4.69) is 206 Å². The monoisotopic (exact) mass is 841 g/mol. The maximum absolute atomic E-state index is 2.62. The zero-order valence-electron chi connectivity index (χ0n) is 37.8. The van der Waals surface area contributed by atoms with Gasteiger partial charge in [0.05, 0.1) is 6.04 Å². The molecule has 1 nitrogen and oxygen atoms in total. The summed E-state index contributed by atoms with van der Waals surface area (Å²) in [5.74, 6) is 1.48. The smallest absolute Gasteiger partial charge is 0.0560 e. The largest absolute Gasteiger partial charge is 0.334 e. The van der Waals surface area contributed by atoms with Crippen molar-refractivity contribution in [3.05, 3.63) is 250 Å². The number of hydrogen-bond donors (Lipinski definition) is 0. The Balaban J connectivity index is 0.858. The lowest BCUT2D eigenvalue weighted by Crippen LogP contribution is -2.43. The summed E-state index contributed by atoms with van der Waals surface area (Å²) in [7, 11) is 0. The molecule has 320 valence electrons. The van der Waals surface area contributed by atoms with Crippen molar-refractivity contribution in [2.75, 3.05) is 4.90 Å². The molecule has 0 N–H and O–H groups in total. The minimum absolute atomic E-state index is 0.129. The molecule has 0 aliphatic heterocycles. The van der Waals surface area contributed by atoms with Crippen LogP contribution in [0.1, 0.15) is 104 Å². The lowest BCUT2D eigenvalue weighted by molar-refractivity contribution is 0.375. The van der Waals surface area contributed by atoms with Gasteiger partial charge < -0.3 is 4.90 Å². The molecular weight excluding hydrogens is 783 g/mol. The maximum Gasteiger partial charge on any atom is 0.0560 e. The Morgan fingerprint density at radius 1 is 0.615 bits per heavy atom. The molecule has 7 aliphatic rings. The van der Waals surface area contributed by atoms with Gasteiger partial charge in [-0.1, -0.05) is 188 Å². The molecule has 0 aromatic heterocycles. The van der Waals surface area contributed by atoms with Gasteiger partial charge in [-0.3, -0.25) is 0 Å². The van der Waals surface area contributed by atoms with Crippen LogP contribution in [0.25, 0.3) is 21.9 Å². The average molecular weight is 842 g/mol. The number of nitrogens with zero attached hydrogens (tertiary/aromatic N) is 1. The van der Waals surface area contributed by atoms with Crippen LogP contribution in [0.2, 0.25) is 0 Å². The van der Waals surface area contributed by atoms with Crippen molar-refractivity contribution < 1.29 is 0 Å². The molecule has 0 bridgehead atoms. The molecule has 0 amide bonds. The molecular formula is C64H59N. The van der Waals surface area contributed by atoms with Gasteiger partial charge in [-0.25, -0.2) is 0 Å². The van der Waals surface area contributed by atoms with Crippen LogP contribution in [0.5, 0.6) is 0 Å². The summed E-state index contributed by atoms with van der Waals surface area (Å²) in [6.07, 6.45) is 44.8. The van der Waals surface area contributed by atoms with E-state index >= 15 is 0 Å². The van der Waals surface area contributed by atoms with Gasteiger partial charge in [0, 0.05) is 22.7 Å². The van der Waals surface area contributed by atoms with Gasteiger partial charge >= 0.3 is 0 Å². The van der Waals surface area contributed by atoms with E-state index in [1.54, 1.807) is 22.3 Å². The van der Waals surface area contributed by atoms with Crippen molar-refractivity contribution in [3.63, 3.8) is 0 Å². The number of benzene rings is 5. The van der Waals surface area contributed by atoms with Gasteiger partial charge in [0.25, 0.3) is 0 Å². The van der Waals surface area contributed by atoms with Crippen LogP contribution in [0, 0.1) is 11.8 Å². The van der Waals surface area contributed by atoms with Crippen LogP contribution in [0.15, 0.2) is 217 Å². The Hall–Kier alpha value is -6.44. The summed E-state index contributed by atoms with van der Waals surface area (Å²) < 4.78 is 0. The first-order valence-electron chi connectivity index (χ1n) is 24.6. The molecule has 5 unspecified atom stereocenters. The molecule has 0 saturated carbocycles. The zero-order valence-corrected chi connectivity index (χ0v) is 37.8. The van der Waals surface area contributed by atoms with Gasteiger partial charge in [0.15, 0.2) is 0 Å². The third-order valence-corrected chi connectivity index (χ3v) is 16.0. The fourth-order valence-corrected chi connectivity index (χ4v) is 12.8. The van der Waals surface area contributed by atoms with Crippen LogP contribution in [0.4, 0.5) is 11.4 Å². The third-order valence-electron chi connectivity index (χ3n) is 16.0. The molecule has 65 heavy (non-hydrogen) atoms. The summed E-state index contributed by atoms with van der Waals surface area (Å²) in [5, 5.41) is 2.89. The quantitative estimate of drug-likeness (QED) is 0.150. The number of anilines is 2. The second-order valence-corrected chi connectivity index (χ2v) is 19.6. The third kappa shape index (κ3) is 6.98. The Labute approximate surface area is 386 Å². The van der Waals surface area contributed by atoms with E-state index in [4.69, 9.17) is 0 Å². The van der Waals surface area contributed by atoms with E-state index in [0.717, 1.165) is 44.9 Å². The summed E-state index contributed by atoms with van der Waals surface area (Å²) in [4.78, 5) is 2.56. The first-order chi connectivity index (χ1) is 32.1. The summed E-state index contributed by atoms with van der Waals surface area (Å²) >= 11 is 0. The van der Waals surface area contributed by atoms with E-state index in [1.807, 2.05) is 0 Å². The highest BCUT2D eigenvalue weighted by molar-refractivity contribution is 6.02. The minimum atomic E-state index is -0.129. The molecule has 5 aromatic carbocycles. The highest BCUT2D eigenvalue weighted by Crippen LogP contribution is 2.61. The Morgan fingerprint density at radius 2 is 1.40 bits per heavy atom. The molecule has 0 fully saturated rings. The first-order valence-corrected chi connectivity index (χ1v) is 24.6. The van der Waals surface area contributed by atoms with Crippen LogP contribution in [0.3, 0.4) is 0 Å². The molecule has 1 heteroatoms. The molecule has 12 rings (SSSR count). The lowest BCUT2D eigenvalue weighted by atomic mass is 9.52.